The second-order valence-corrected chi connectivity index (χ2v) is 5.28. The predicted octanol–water partition coefficient (Wildman–Crippen LogP) is 0.593. The van der Waals surface area contributed by atoms with Crippen LogP contribution in [0.1, 0.15) is 27.2 Å². The number of carboxylic acid groups (broad SMARTS) is 1. The van der Waals surface area contributed by atoms with E-state index in [9.17, 15) is 9.59 Å². The number of carboxylic acids is 1. The van der Waals surface area contributed by atoms with Crippen molar-refractivity contribution in [1.29, 1.82) is 0 Å². The summed E-state index contributed by atoms with van der Waals surface area (Å²) in [6.07, 6.45) is -0.149. The van der Waals surface area contributed by atoms with E-state index in [0.29, 0.717) is 6.42 Å². The average molecular weight is 245 g/mol. The standard InChI is InChI=1S/C11H19NO5/c1-11(2,3)17-10(16)12-8(5-13)6-4-7(6)9(14)15/h6-8,13H,4-5H2,1-3H3,(H,12,16)(H,14,15). The number of carbonyl (C=O) groups is 2. The molecule has 1 rings (SSSR count). The Labute approximate surface area is 100.0 Å². The van der Waals surface area contributed by atoms with Gasteiger partial charge in [-0.1, -0.05) is 0 Å². The molecule has 1 saturated carbocycles. The summed E-state index contributed by atoms with van der Waals surface area (Å²) in [6, 6.07) is -0.550. The zero-order valence-electron chi connectivity index (χ0n) is 10.3. The van der Waals surface area contributed by atoms with E-state index < -0.39 is 29.6 Å². The molecule has 1 aliphatic rings. The zero-order chi connectivity index (χ0) is 13.2. The lowest BCUT2D eigenvalue weighted by atomic mass is 10.1. The van der Waals surface area contributed by atoms with Gasteiger partial charge >= 0.3 is 12.1 Å². The molecule has 1 amide bonds. The SMILES string of the molecule is CC(C)(C)OC(=O)NC(CO)C1CC1C(=O)O. The van der Waals surface area contributed by atoms with Gasteiger partial charge in [0, 0.05) is 0 Å². The summed E-state index contributed by atoms with van der Waals surface area (Å²) >= 11 is 0. The van der Waals surface area contributed by atoms with Crippen LogP contribution in [-0.4, -0.2) is 40.5 Å². The topological polar surface area (TPSA) is 95.9 Å². The summed E-state index contributed by atoms with van der Waals surface area (Å²) in [5.41, 5.74) is -0.611. The van der Waals surface area contributed by atoms with Gasteiger partial charge in [-0.15, -0.1) is 0 Å². The van der Waals surface area contributed by atoms with Crippen molar-refractivity contribution in [2.45, 2.75) is 38.8 Å². The molecule has 1 fully saturated rings. The predicted molar refractivity (Wildman–Crippen MR) is 59.5 cm³/mol. The quantitative estimate of drug-likeness (QED) is 0.673. The molecule has 0 aromatic carbocycles. The summed E-state index contributed by atoms with van der Waals surface area (Å²) < 4.78 is 5.04. The number of hydrogen-bond acceptors (Lipinski definition) is 4. The van der Waals surface area contributed by atoms with Crippen LogP contribution in [0.3, 0.4) is 0 Å². The van der Waals surface area contributed by atoms with Crippen molar-refractivity contribution in [1.82, 2.24) is 5.32 Å². The van der Waals surface area contributed by atoms with Crippen LogP contribution in [0, 0.1) is 11.8 Å². The summed E-state index contributed by atoms with van der Waals surface area (Å²) in [4.78, 5) is 22.1. The van der Waals surface area contributed by atoms with E-state index >= 15 is 0 Å². The molecule has 17 heavy (non-hydrogen) atoms. The maximum absolute atomic E-state index is 11.4. The van der Waals surface area contributed by atoms with Gasteiger partial charge in [-0.05, 0) is 33.1 Å². The lowest BCUT2D eigenvalue weighted by molar-refractivity contribution is -0.139. The minimum absolute atomic E-state index is 0.204. The van der Waals surface area contributed by atoms with E-state index in [1.165, 1.54) is 0 Å². The van der Waals surface area contributed by atoms with E-state index in [1.807, 2.05) is 0 Å². The average Bonchev–Trinajstić information content (AvgIpc) is 2.90. The van der Waals surface area contributed by atoms with Crippen molar-refractivity contribution in [3.05, 3.63) is 0 Å². The van der Waals surface area contributed by atoms with Gasteiger partial charge in [0.25, 0.3) is 0 Å². The first-order chi connectivity index (χ1) is 7.74. The Morgan fingerprint density at radius 1 is 1.47 bits per heavy atom. The number of aliphatic hydroxyl groups is 1. The highest BCUT2D eigenvalue weighted by atomic mass is 16.6. The molecular weight excluding hydrogens is 226 g/mol. The van der Waals surface area contributed by atoms with Crippen molar-refractivity contribution in [2.75, 3.05) is 6.61 Å². The summed E-state index contributed by atoms with van der Waals surface area (Å²) in [5, 5.41) is 20.4. The molecule has 0 aromatic rings. The molecular formula is C11H19NO5. The molecule has 3 atom stereocenters. The third kappa shape index (κ3) is 4.22. The highest BCUT2D eigenvalue weighted by molar-refractivity contribution is 5.74. The van der Waals surface area contributed by atoms with Crippen LogP contribution in [0.5, 0.6) is 0 Å². The van der Waals surface area contributed by atoms with Gasteiger partial charge in [-0.2, -0.15) is 0 Å². The van der Waals surface area contributed by atoms with E-state index in [4.69, 9.17) is 14.9 Å². The number of hydrogen-bond donors (Lipinski definition) is 3. The Bertz CT molecular complexity index is 309. The number of rotatable bonds is 4. The molecule has 0 aliphatic heterocycles. The van der Waals surface area contributed by atoms with Crippen molar-refractivity contribution in [3.8, 4) is 0 Å². The zero-order valence-corrected chi connectivity index (χ0v) is 10.3. The Morgan fingerprint density at radius 2 is 2.06 bits per heavy atom. The molecule has 3 unspecified atom stereocenters. The first kappa shape index (κ1) is 13.8. The highest BCUT2D eigenvalue weighted by Gasteiger charge is 2.48. The minimum atomic E-state index is -0.889. The van der Waals surface area contributed by atoms with Gasteiger partial charge in [0.15, 0.2) is 0 Å². The summed E-state index contributed by atoms with van der Waals surface area (Å²) in [5.74, 6) is -1.56. The van der Waals surface area contributed by atoms with Crippen LogP contribution in [0.2, 0.25) is 0 Å². The van der Waals surface area contributed by atoms with Gasteiger partial charge in [0.1, 0.15) is 5.60 Å². The van der Waals surface area contributed by atoms with Crippen molar-refractivity contribution in [2.24, 2.45) is 11.8 Å². The number of amides is 1. The molecule has 0 saturated heterocycles. The van der Waals surface area contributed by atoms with Gasteiger partial charge in [-0.25, -0.2) is 4.79 Å². The van der Waals surface area contributed by atoms with Crippen LogP contribution >= 0.6 is 0 Å². The number of ether oxygens (including phenoxy) is 1. The maximum Gasteiger partial charge on any atom is 0.407 e. The number of carbonyl (C=O) groups excluding carboxylic acids is 1. The Kier molecular flexibility index (Phi) is 3.98. The fraction of sp³-hybridized carbons (Fsp3) is 0.818. The van der Waals surface area contributed by atoms with Crippen LogP contribution in [0.25, 0.3) is 0 Å². The molecule has 98 valence electrons. The lowest BCUT2D eigenvalue weighted by Gasteiger charge is -2.22. The maximum atomic E-state index is 11.4. The largest absolute Gasteiger partial charge is 0.481 e. The van der Waals surface area contributed by atoms with E-state index in [1.54, 1.807) is 20.8 Å². The highest BCUT2D eigenvalue weighted by Crippen LogP contribution is 2.41. The van der Waals surface area contributed by atoms with E-state index in [2.05, 4.69) is 5.32 Å². The van der Waals surface area contributed by atoms with Crippen LogP contribution < -0.4 is 5.32 Å². The molecule has 0 heterocycles. The molecule has 1 aliphatic carbocycles. The number of nitrogens with one attached hydrogen (secondary N) is 1. The van der Waals surface area contributed by atoms with E-state index in [-0.39, 0.29) is 12.5 Å². The molecule has 6 nitrogen and oxygen atoms in total. The molecule has 0 aromatic heterocycles. The Hall–Kier alpha value is -1.30. The molecule has 0 bridgehead atoms. The van der Waals surface area contributed by atoms with Crippen LogP contribution in [0.4, 0.5) is 4.79 Å². The van der Waals surface area contributed by atoms with Crippen LogP contribution in [0.15, 0.2) is 0 Å². The number of alkyl carbamates (subject to hydrolysis) is 1. The summed E-state index contributed by atoms with van der Waals surface area (Å²) in [7, 11) is 0. The lowest BCUT2D eigenvalue weighted by Crippen LogP contribution is -2.42. The van der Waals surface area contributed by atoms with Crippen LogP contribution in [-0.2, 0) is 9.53 Å². The fourth-order valence-electron chi connectivity index (χ4n) is 1.69. The fourth-order valence-corrected chi connectivity index (χ4v) is 1.69. The van der Waals surface area contributed by atoms with Crippen molar-refractivity contribution < 1.29 is 24.5 Å². The van der Waals surface area contributed by atoms with Gasteiger partial charge in [0.2, 0.25) is 0 Å². The van der Waals surface area contributed by atoms with Crippen molar-refractivity contribution in [3.63, 3.8) is 0 Å². The molecule has 6 heteroatoms. The normalized spacial score (nSPS) is 24.9. The number of aliphatic carboxylic acids is 1. The minimum Gasteiger partial charge on any atom is -0.481 e. The monoisotopic (exact) mass is 245 g/mol. The molecule has 3 N–H and O–H groups in total. The second kappa shape index (κ2) is 4.91. The Morgan fingerprint density at radius 3 is 2.41 bits per heavy atom. The van der Waals surface area contributed by atoms with Gasteiger partial charge < -0.3 is 20.3 Å². The van der Waals surface area contributed by atoms with Crippen molar-refractivity contribution >= 4 is 12.1 Å². The third-order valence-electron chi connectivity index (χ3n) is 2.57. The van der Waals surface area contributed by atoms with E-state index in [0.717, 1.165) is 0 Å². The second-order valence-electron chi connectivity index (χ2n) is 5.28. The molecule has 0 spiro atoms. The van der Waals surface area contributed by atoms with Gasteiger partial charge in [-0.3, -0.25) is 4.79 Å². The third-order valence-corrected chi connectivity index (χ3v) is 2.57. The first-order valence-corrected chi connectivity index (χ1v) is 5.58. The number of aliphatic hydroxyl groups excluding tert-OH is 1. The summed E-state index contributed by atoms with van der Waals surface area (Å²) in [6.45, 7) is 4.92. The van der Waals surface area contributed by atoms with Gasteiger partial charge in [0.05, 0.1) is 18.6 Å². The smallest absolute Gasteiger partial charge is 0.407 e. The first-order valence-electron chi connectivity index (χ1n) is 5.58. The Balaban J connectivity index is 2.44. The molecule has 0 radical (unpaired) electrons.